The topological polar surface area (TPSA) is 66.4 Å². The number of aromatic nitrogens is 2. The summed E-state index contributed by atoms with van der Waals surface area (Å²) in [6.45, 7) is 2.33. The van der Waals surface area contributed by atoms with E-state index in [4.69, 9.17) is 0 Å². The number of rotatable bonds is 4. The molecule has 1 aromatic heterocycles. The molecule has 2 heterocycles. The molecule has 0 N–H and O–H groups in total. The van der Waals surface area contributed by atoms with Crippen LogP contribution in [0.15, 0.2) is 48.5 Å². The number of anilines is 1. The number of halogens is 1. The van der Waals surface area contributed by atoms with Gasteiger partial charge < -0.3 is 9.80 Å². The van der Waals surface area contributed by atoms with Crippen LogP contribution in [0.25, 0.3) is 10.9 Å². The predicted molar refractivity (Wildman–Crippen MR) is 108 cm³/mol. The van der Waals surface area contributed by atoms with Crippen LogP contribution in [0.4, 0.5) is 10.1 Å². The number of hydrogen-bond acceptors (Lipinski definition) is 4. The fourth-order valence-corrected chi connectivity index (χ4v) is 3.74. The summed E-state index contributed by atoms with van der Waals surface area (Å²) in [5.41, 5.74) is 1.90. The number of nitrogens with zero attached hydrogens (tertiary/aromatic N) is 4. The lowest BCUT2D eigenvalue weighted by Crippen LogP contribution is -2.35. The molecule has 0 spiro atoms. The van der Waals surface area contributed by atoms with Crippen molar-refractivity contribution in [2.24, 2.45) is 5.92 Å². The van der Waals surface area contributed by atoms with Gasteiger partial charge in [0.25, 0.3) is 0 Å². The molecule has 0 aliphatic carbocycles. The van der Waals surface area contributed by atoms with Crippen molar-refractivity contribution in [3.05, 3.63) is 65.9 Å². The van der Waals surface area contributed by atoms with Crippen molar-refractivity contribution in [2.45, 2.75) is 19.9 Å². The van der Waals surface area contributed by atoms with Gasteiger partial charge in [-0.25, -0.2) is 14.4 Å². The molecule has 29 heavy (non-hydrogen) atoms. The number of fused-ring (bicyclic) bond motifs is 1. The zero-order chi connectivity index (χ0) is 20.5. The van der Waals surface area contributed by atoms with Crippen molar-refractivity contribution < 1.29 is 14.0 Å². The van der Waals surface area contributed by atoms with Gasteiger partial charge in [-0.05, 0) is 25.1 Å². The zero-order valence-electron chi connectivity index (χ0n) is 16.3. The summed E-state index contributed by atoms with van der Waals surface area (Å²) in [6, 6.07) is 13.8. The van der Waals surface area contributed by atoms with Crippen molar-refractivity contribution >= 4 is 28.4 Å². The third-order valence-corrected chi connectivity index (χ3v) is 5.21. The van der Waals surface area contributed by atoms with Crippen LogP contribution < -0.4 is 4.90 Å². The largest absolute Gasteiger partial charge is 0.338 e. The van der Waals surface area contributed by atoms with E-state index in [0.717, 1.165) is 16.6 Å². The first-order valence-corrected chi connectivity index (χ1v) is 9.46. The van der Waals surface area contributed by atoms with E-state index >= 15 is 0 Å². The summed E-state index contributed by atoms with van der Waals surface area (Å²) in [5, 5.41) is 0.979. The minimum atomic E-state index is -0.520. The molecule has 0 saturated carbocycles. The fraction of sp³-hybridized carbons (Fsp3) is 0.273. The van der Waals surface area contributed by atoms with Crippen LogP contribution in [0.5, 0.6) is 0 Å². The molecular formula is C22H21FN4O2. The number of aryl methyl sites for hydroxylation is 1. The quantitative estimate of drug-likeness (QED) is 0.684. The summed E-state index contributed by atoms with van der Waals surface area (Å²) >= 11 is 0. The van der Waals surface area contributed by atoms with E-state index in [1.54, 1.807) is 25.2 Å². The highest BCUT2D eigenvalue weighted by Gasteiger charge is 2.37. The highest BCUT2D eigenvalue weighted by Crippen LogP contribution is 2.28. The molecule has 3 aromatic rings. The fourth-order valence-electron chi connectivity index (χ4n) is 3.74. The van der Waals surface area contributed by atoms with Crippen LogP contribution in [0.3, 0.4) is 0 Å². The molecule has 7 heteroatoms. The Morgan fingerprint density at radius 2 is 1.90 bits per heavy atom. The average Bonchev–Trinajstić information content (AvgIpc) is 3.09. The van der Waals surface area contributed by atoms with E-state index in [0.29, 0.717) is 5.82 Å². The summed E-state index contributed by atoms with van der Waals surface area (Å²) in [7, 11) is 1.67. The molecule has 1 unspecified atom stereocenters. The lowest BCUT2D eigenvalue weighted by Gasteiger charge is -2.21. The first-order chi connectivity index (χ1) is 13.9. The Hall–Kier alpha value is -3.35. The molecule has 1 aliphatic rings. The van der Waals surface area contributed by atoms with E-state index in [1.807, 2.05) is 31.2 Å². The van der Waals surface area contributed by atoms with E-state index in [2.05, 4.69) is 9.97 Å². The minimum Gasteiger partial charge on any atom is -0.338 e. The van der Waals surface area contributed by atoms with Crippen molar-refractivity contribution in [3.8, 4) is 0 Å². The van der Waals surface area contributed by atoms with Crippen molar-refractivity contribution in [1.29, 1.82) is 0 Å². The first kappa shape index (κ1) is 19.0. The predicted octanol–water partition coefficient (Wildman–Crippen LogP) is 3.09. The molecule has 6 nitrogen and oxygen atoms in total. The van der Waals surface area contributed by atoms with Crippen LogP contribution in [0.1, 0.15) is 17.9 Å². The second-order valence-corrected chi connectivity index (χ2v) is 7.29. The van der Waals surface area contributed by atoms with Crippen molar-refractivity contribution in [1.82, 2.24) is 14.9 Å². The summed E-state index contributed by atoms with van der Waals surface area (Å²) in [4.78, 5) is 37.2. The minimum absolute atomic E-state index is 0.0646. The molecule has 1 aliphatic heterocycles. The Balaban J connectivity index is 1.49. The molecular weight excluding hydrogens is 371 g/mol. The van der Waals surface area contributed by atoms with Crippen LogP contribution in [0.2, 0.25) is 0 Å². The molecule has 148 valence electrons. The summed E-state index contributed by atoms with van der Waals surface area (Å²) < 4.78 is 14.0. The smallest absolute Gasteiger partial charge is 0.228 e. The summed E-state index contributed by atoms with van der Waals surface area (Å²) in [5.74, 6) is -0.866. The molecule has 1 saturated heterocycles. The van der Waals surface area contributed by atoms with Crippen molar-refractivity contribution in [3.63, 3.8) is 0 Å². The van der Waals surface area contributed by atoms with Crippen LogP contribution in [-0.4, -0.2) is 40.3 Å². The Morgan fingerprint density at radius 3 is 2.69 bits per heavy atom. The van der Waals surface area contributed by atoms with Crippen molar-refractivity contribution in [2.75, 3.05) is 18.5 Å². The number of hydrogen-bond donors (Lipinski definition) is 0. The van der Waals surface area contributed by atoms with Gasteiger partial charge in [-0.1, -0.05) is 30.3 Å². The number of carbonyl (C=O) groups is 2. The van der Waals surface area contributed by atoms with Crippen LogP contribution in [-0.2, 0) is 16.1 Å². The second-order valence-electron chi connectivity index (χ2n) is 7.29. The maximum absolute atomic E-state index is 14.0. The van der Waals surface area contributed by atoms with E-state index in [1.165, 1.54) is 15.9 Å². The maximum Gasteiger partial charge on any atom is 0.228 e. The third kappa shape index (κ3) is 3.68. The van der Waals surface area contributed by atoms with E-state index < -0.39 is 11.7 Å². The molecule has 1 atom stereocenters. The molecule has 2 amide bonds. The van der Waals surface area contributed by atoms with Crippen LogP contribution >= 0.6 is 0 Å². The van der Waals surface area contributed by atoms with Gasteiger partial charge in [0.2, 0.25) is 11.8 Å². The number of para-hydroxylation sites is 2. The average molecular weight is 392 g/mol. The normalized spacial score (nSPS) is 16.4. The SMILES string of the molecule is Cc1nc(CN(C)C(=O)C2CC(=O)N(c3ccccc3F)C2)nc2ccccc12. The number of benzene rings is 2. The third-order valence-electron chi connectivity index (χ3n) is 5.21. The van der Waals surface area contributed by atoms with Crippen LogP contribution in [0, 0.1) is 18.7 Å². The van der Waals surface area contributed by atoms with Gasteiger partial charge in [-0.2, -0.15) is 0 Å². The van der Waals surface area contributed by atoms with Gasteiger partial charge in [-0.15, -0.1) is 0 Å². The number of amides is 2. The summed E-state index contributed by atoms with van der Waals surface area (Å²) in [6.07, 6.45) is 0.0646. The monoisotopic (exact) mass is 392 g/mol. The van der Waals surface area contributed by atoms with E-state index in [9.17, 15) is 14.0 Å². The van der Waals surface area contributed by atoms with Gasteiger partial charge in [-0.3, -0.25) is 9.59 Å². The Kier molecular flexibility index (Phi) is 4.96. The molecule has 1 fully saturated rings. The Labute approximate surface area is 168 Å². The lowest BCUT2D eigenvalue weighted by atomic mass is 10.1. The molecule has 2 aromatic carbocycles. The Bertz CT molecular complexity index is 1100. The zero-order valence-corrected chi connectivity index (χ0v) is 16.3. The van der Waals surface area contributed by atoms with Gasteiger partial charge >= 0.3 is 0 Å². The van der Waals surface area contributed by atoms with Gasteiger partial charge in [0, 0.05) is 31.1 Å². The molecule has 0 radical (unpaired) electrons. The second kappa shape index (κ2) is 7.58. The van der Waals surface area contributed by atoms with Gasteiger partial charge in [0.15, 0.2) is 0 Å². The Morgan fingerprint density at radius 1 is 1.17 bits per heavy atom. The lowest BCUT2D eigenvalue weighted by molar-refractivity contribution is -0.135. The highest BCUT2D eigenvalue weighted by atomic mass is 19.1. The van der Waals surface area contributed by atoms with E-state index in [-0.39, 0.29) is 37.0 Å². The first-order valence-electron chi connectivity index (χ1n) is 9.46. The highest BCUT2D eigenvalue weighted by molar-refractivity contribution is 6.00. The standard InChI is InChI=1S/C22H21FN4O2/c1-14-16-7-3-5-9-18(16)25-20(24-14)13-26(2)22(29)15-11-21(28)27(12-15)19-10-6-4-8-17(19)23/h3-10,15H,11-13H2,1-2H3. The number of carbonyl (C=O) groups excluding carboxylic acids is 2. The molecule has 4 rings (SSSR count). The maximum atomic E-state index is 14.0. The van der Waals surface area contributed by atoms with Gasteiger partial charge in [0.05, 0.1) is 23.7 Å². The van der Waals surface area contributed by atoms with Gasteiger partial charge in [0.1, 0.15) is 11.6 Å². The molecule has 0 bridgehead atoms.